The second-order valence-electron chi connectivity index (χ2n) is 6.94. The summed E-state index contributed by atoms with van der Waals surface area (Å²) in [5, 5.41) is 8.87. The first-order valence-corrected chi connectivity index (χ1v) is 10.5. The molecule has 6 nitrogen and oxygen atoms in total. The van der Waals surface area contributed by atoms with E-state index in [4.69, 9.17) is 11.6 Å². The highest BCUT2D eigenvalue weighted by Crippen LogP contribution is 2.32. The molecular weight excluding hydrogens is 360 g/mol. The molecule has 2 aliphatic rings. The third kappa shape index (κ3) is 3.32. The van der Waals surface area contributed by atoms with Crippen LogP contribution in [0.5, 0.6) is 0 Å². The Balaban J connectivity index is 1.39. The summed E-state index contributed by atoms with van der Waals surface area (Å²) in [5.41, 5.74) is 0. The van der Waals surface area contributed by atoms with Crippen molar-refractivity contribution >= 4 is 21.6 Å². The molecular formula is C17H21ClN4O2S. The number of rotatable bonds is 5. The van der Waals surface area contributed by atoms with Crippen molar-refractivity contribution in [3.05, 3.63) is 41.4 Å². The Labute approximate surface area is 152 Å². The second kappa shape index (κ2) is 6.70. The molecule has 2 heterocycles. The van der Waals surface area contributed by atoms with Crippen LogP contribution in [0.25, 0.3) is 0 Å². The van der Waals surface area contributed by atoms with Crippen molar-refractivity contribution in [2.75, 3.05) is 13.1 Å². The average Bonchev–Trinajstić information content (AvgIpc) is 3.21. The van der Waals surface area contributed by atoms with Gasteiger partial charge >= 0.3 is 0 Å². The lowest BCUT2D eigenvalue weighted by Crippen LogP contribution is -2.50. The Kier molecular flexibility index (Phi) is 4.56. The van der Waals surface area contributed by atoms with Gasteiger partial charge in [-0.1, -0.05) is 24.4 Å². The molecule has 25 heavy (non-hydrogen) atoms. The molecule has 2 fully saturated rings. The fraction of sp³-hybridized carbons (Fsp3) is 0.529. The van der Waals surface area contributed by atoms with Gasteiger partial charge in [0.15, 0.2) is 0 Å². The van der Waals surface area contributed by atoms with Gasteiger partial charge < -0.3 is 4.57 Å². The maximum absolute atomic E-state index is 12.6. The van der Waals surface area contributed by atoms with Crippen molar-refractivity contribution in [2.45, 2.75) is 43.0 Å². The molecule has 1 saturated carbocycles. The molecule has 1 saturated heterocycles. The number of benzene rings is 1. The average molecular weight is 381 g/mol. The van der Waals surface area contributed by atoms with Crippen LogP contribution < -0.4 is 0 Å². The van der Waals surface area contributed by atoms with E-state index in [1.54, 1.807) is 24.3 Å². The van der Waals surface area contributed by atoms with E-state index in [1.165, 1.54) is 30.0 Å². The Morgan fingerprint density at radius 3 is 2.48 bits per heavy atom. The second-order valence-corrected chi connectivity index (χ2v) is 9.31. The maximum atomic E-state index is 12.6. The van der Waals surface area contributed by atoms with E-state index in [-0.39, 0.29) is 0 Å². The molecule has 1 aromatic carbocycles. The fourth-order valence-electron chi connectivity index (χ4n) is 3.76. The minimum absolute atomic E-state index is 0.296. The Bertz CT molecular complexity index is 838. The van der Waals surface area contributed by atoms with E-state index in [0.717, 1.165) is 12.2 Å². The van der Waals surface area contributed by atoms with E-state index in [1.807, 2.05) is 6.33 Å². The fourth-order valence-corrected chi connectivity index (χ4v) is 5.48. The van der Waals surface area contributed by atoms with Crippen molar-refractivity contribution in [1.82, 2.24) is 19.1 Å². The molecule has 1 aliphatic heterocycles. The zero-order chi connectivity index (χ0) is 17.4. The minimum atomic E-state index is -3.42. The largest absolute Gasteiger partial charge is 0.314 e. The lowest BCUT2D eigenvalue weighted by molar-refractivity contribution is 0.195. The molecule has 2 aromatic rings. The number of hydrogen-bond acceptors (Lipinski definition) is 4. The first-order chi connectivity index (χ1) is 12.0. The number of hydrogen-bond donors (Lipinski definition) is 0. The van der Waals surface area contributed by atoms with Crippen LogP contribution in [0.3, 0.4) is 0 Å². The van der Waals surface area contributed by atoms with E-state index in [0.29, 0.717) is 35.0 Å². The minimum Gasteiger partial charge on any atom is -0.314 e. The van der Waals surface area contributed by atoms with Crippen LogP contribution in [-0.4, -0.2) is 40.6 Å². The summed E-state index contributed by atoms with van der Waals surface area (Å²) in [6, 6.07) is 6.84. The molecule has 0 unspecified atom stereocenters. The van der Waals surface area contributed by atoms with E-state index >= 15 is 0 Å². The van der Waals surface area contributed by atoms with Gasteiger partial charge in [-0.25, -0.2) is 8.42 Å². The third-order valence-corrected chi connectivity index (χ3v) is 7.31. The first kappa shape index (κ1) is 17.0. The molecule has 0 spiro atoms. The van der Waals surface area contributed by atoms with E-state index < -0.39 is 10.0 Å². The van der Waals surface area contributed by atoms with Gasteiger partial charge in [-0.3, -0.25) is 0 Å². The van der Waals surface area contributed by atoms with Gasteiger partial charge in [-0.15, -0.1) is 10.2 Å². The van der Waals surface area contributed by atoms with Gasteiger partial charge in [0, 0.05) is 30.6 Å². The molecule has 8 heteroatoms. The summed E-state index contributed by atoms with van der Waals surface area (Å²) in [6.45, 7) is 1.06. The molecule has 134 valence electrons. The van der Waals surface area contributed by atoms with E-state index in [9.17, 15) is 8.42 Å². The van der Waals surface area contributed by atoms with Crippen molar-refractivity contribution in [2.24, 2.45) is 5.92 Å². The van der Waals surface area contributed by atoms with Gasteiger partial charge in [0.1, 0.15) is 12.2 Å². The first-order valence-electron chi connectivity index (χ1n) is 8.68. The highest BCUT2D eigenvalue weighted by molar-refractivity contribution is 7.89. The number of aromatic nitrogens is 3. The molecule has 4 rings (SSSR count). The molecule has 0 radical (unpaired) electrons. The van der Waals surface area contributed by atoms with E-state index in [2.05, 4.69) is 14.8 Å². The predicted molar refractivity (Wildman–Crippen MR) is 94.9 cm³/mol. The molecule has 0 bridgehead atoms. The standard InChI is InChI=1S/C17H21ClN4O2S/c18-14-5-7-16(8-6-14)25(23,24)21-10-13(11-21)9-17-20-19-12-22(17)15-3-1-2-4-15/h5-8,12-13,15H,1-4,9-11H2. The van der Waals surface area contributed by atoms with Crippen LogP contribution >= 0.6 is 11.6 Å². The Hall–Kier alpha value is -1.44. The van der Waals surface area contributed by atoms with Crippen LogP contribution in [0, 0.1) is 5.92 Å². The Morgan fingerprint density at radius 1 is 1.12 bits per heavy atom. The third-order valence-electron chi connectivity index (χ3n) is 5.21. The topological polar surface area (TPSA) is 68.1 Å². The predicted octanol–water partition coefficient (Wildman–Crippen LogP) is 2.91. The smallest absolute Gasteiger partial charge is 0.243 e. The highest BCUT2D eigenvalue weighted by atomic mass is 35.5. The molecule has 0 atom stereocenters. The molecule has 0 N–H and O–H groups in total. The van der Waals surface area contributed by atoms with Crippen molar-refractivity contribution < 1.29 is 8.42 Å². The zero-order valence-electron chi connectivity index (χ0n) is 13.9. The van der Waals surface area contributed by atoms with Crippen LogP contribution in [0.4, 0.5) is 0 Å². The summed E-state index contributed by atoms with van der Waals surface area (Å²) in [5.74, 6) is 1.28. The van der Waals surface area contributed by atoms with Crippen molar-refractivity contribution in [1.29, 1.82) is 0 Å². The van der Waals surface area contributed by atoms with Crippen LogP contribution in [0.2, 0.25) is 5.02 Å². The summed E-state index contributed by atoms with van der Waals surface area (Å²) >= 11 is 5.84. The molecule has 1 aliphatic carbocycles. The number of nitrogens with zero attached hydrogens (tertiary/aromatic N) is 4. The Morgan fingerprint density at radius 2 is 1.80 bits per heavy atom. The quantitative estimate of drug-likeness (QED) is 0.799. The van der Waals surface area contributed by atoms with Crippen LogP contribution in [-0.2, 0) is 16.4 Å². The summed E-state index contributed by atoms with van der Waals surface area (Å²) < 4.78 is 28.9. The van der Waals surface area contributed by atoms with Gasteiger partial charge in [0.05, 0.1) is 4.90 Å². The molecule has 1 aromatic heterocycles. The monoisotopic (exact) mass is 380 g/mol. The molecule has 0 amide bonds. The highest BCUT2D eigenvalue weighted by Gasteiger charge is 2.37. The van der Waals surface area contributed by atoms with Gasteiger partial charge in [0.25, 0.3) is 0 Å². The van der Waals surface area contributed by atoms with Crippen LogP contribution in [0.15, 0.2) is 35.5 Å². The zero-order valence-corrected chi connectivity index (χ0v) is 15.5. The summed E-state index contributed by atoms with van der Waals surface area (Å²) in [7, 11) is -3.42. The summed E-state index contributed by atoms with van der Waals surface area (Å²) in [4.78, 5) is 0.296. The summed E-state index contributed by atoms with van der Waals surface area (Å²) in [6.07, 6.45) is 7.51. The lowest BCUT2D eigenvalue weighted by Gasteiger charge is -2.38. The number of halogens is 1. The van der Waals surface area contributed by atoms with Gasteiger partial charge in [-0.05, 0) is 43.0 Å². The SMILES string of the molecule is O=S(=O)(c1ccc(Cl)cc1)N1CC(Cc2nncn2C2CCCC2)C1. The van der Waals surface area contributed by atoms with Gasteiger partial charge in [0.2, 0.25) is 10.0 Å². The maximum Gasteiger partial charge on any atom is 0.243 e. The van der Waals surface area contributed by atoms with Crippen molar-refractivity contribution in [3.8, 4) is 0 Å². The van der Waals surface area contributed by atoms with Crippen LogP contribution in [0.1, 0.15) is 37.5 Å². The lowest BCUT2D eigenvalue weighted by atomic mass is 9.99. The normalized spacial score (nSPS) is 20.0. The number of sulfonamides is 1. The van der Waals surface area contributed by atoms with Crippen molar-refractivity contribution in [3.63, 3.8) is 0 Å². The van der Waals surface area contributed by atoms with Gasteiger partial charge in [-0.2, -0.15) is 4.31 Å².